The number of nitrogens with zero attached hydrogens (tertiary/aromatic N) is 3. The lowest BCUT2D eigenvalue weighted by molar-refractivity contribution is 0.628. The summed E-state index contributed by atoms with van der Waals surface area (Å²) in [5.41, 5.74) is 0.703. The first-order valence-electron chi connectivity index (χ1n) is 5.05. The van der Waals surface area contributed by atoms with Crippen LogP contribution in [-0.4, -0.2) is 14.8 Å². The molecule has 0 spiro atoms. The van der Waals surface area contributed by atoms with Gasteiger partial charge < -0.3 is 4.57 Å². The second kappa shape index (κ2) is 4.61. The zero-order chi connectivity index (χ0) is 11.5. The van der Waals surface area contributed by atoms with Crippen LogP contribution < -0.4 is 0 Å². The maximum atomic E-state index is 12.9. The minimum Gasteiger partial charge on any atom is -0.314 e. The molecular formula is C11H11ClFN3. The Balaban J connectivity index is 2.46. The van der Waals surface area contributed by atoms with Gasteiger partial charge in [-0.15, -0.1) is 10.2 Å². The Kier molecular flexibility index (Phi) is 3.19. The first-order valence-corrected chi connectivity index (χ1v) is 5.43. The molecule has 5 heteroatoms. The number of aryl methyl sites for hydroxylation is 1. The van der Waals surface area contributed by atoms with Crippen LogP contribution in [0.3, 0.4) is 0 Å². The lowest BCUT2D eigenvalue weighted by atomic mass is 10.2. The quantitative estimate of drug-likeness (QED) is 0.824. The van der Waals surface area contributed by atoms with Crippen LogP contribution in [0.4, 0.5) is 4.39 Å². The summed E-state index contributed by atoms with van der Waals surface area (Å²) in [5.74, 6) is 0.321. The zero-order valence-electron chi connectivity index (χ0n) is 8.82. The third-order valence-corrected chi connectivity index (χ3v) is 2.56. The minimum atomic E-state index is -0.352. The van der Waals surface area contributed by atoms with Crippen molar-refractivity contribution in [1.82, 2.24) is 14.8 Å². The number of benzene rings is 1. The van der Waals surface area contributed by atoms with E-state index in [2.05, 4.69) is 17.1 Å². The monoisotopic (exact) mass is 239 g/mol. The van der Waals surface area contributed by atoms with Crippen LogP contribution >= 0.6 is 11.6 Å². The summed E-state index contributed by atoms with van der Waals surface area (Å²) >= 11 is 5.97. The molecule has 0 saturated carbocycles. The van der Waals surface area contributed by atoms with Crippen LogP contribution in [0.15, 0.2) is 24.5 Å². The number of hydrogen-bond donors (Lipinski definition) is 0. The van der Waals surface area contributed by atoms with Crippen LogP contribution in [0.1, 0.15) is 13.3 Å². The molecule has 0 bridgehead atoms. The Hall–Kier alpha value is -1.42. The van der Waals surface area contributed by atoms with Crippen LogP contribution in [0.2, 0.25) is 5.02 Å². The second-order valence-electron chi connectivity index (χ2n) is 3.47. The maximum Gasteiger partial charge on any atom is 0.165 e. The van der Waals surface area contributed by atoms with Gasteiger partial charge in [-0.25, -0.2) is 4.39 Å². The molecule has 2 rings (SSSR count). The molecule has 0 aliphatic heterocycles. The van der Waals surface area contributed by atoms with Gasteiger partial charge in [0.25, 0.3) is 0 Å². The Bertz CT molecular complexity index is 496. The highest BCUT2D eigenvalue weighted by Crippen LogP contribution is 2.26. The van der Waals surface area contributed by atoms with E-state index in [4.69, 9.17) is 11.6 Å². The van der Waals surface area contributed by atoms with Gasteiger partial charge in [0.1, 0.15) is 12.1 Å². The highest BCUT2D eigenvalue weighted by molar-refractivity contribution is 6.33. The predicted octanol–water partition coefficient (Wildman–Crippen LogP) is 3.15. The number of rotatable bonds is 3. The normalized spacial score (nSPS) is 10.7. The van der Waals surface area contributed by atoms with Crippen molar-refractivity contribution in [3.8, 4) is 11.4 Å². The molecular weight excluding hydrogens is 229 g/mol. The van der Waals surface area contributed by atoms with E-state index in [1.807, 2.05) is 4.57 Å². The average molecular weight is 240 g/mol. The summed E-state index contributed by atoms with van der Waals surface area (Å²) in [7, 11) is 0. The van der Waals surface area contributed by atoms with Crippen molar-refractivity contribution in [2.24, 2.45) is 0 Å². The number of halogens is 2. The molecule has 0 N–H and O–H groups in total. The molecule has 0 aliphatic rings. The van der Waals surface area contributed by atoms with Crippen LogP contribution in [-0.2, 0) is 6.54 Å². The third-order valence-electron chi connectivity index (χ3n) is 2.25. The standard InChI is InChI=1S/C11H11ClFN3/c1-2-5-16-7-14-15-11(16)9-4-3-8(13)6-10(9)12/h3-4,6-7H,2,5H2,1H3. The van der Waals surface area contributed by atoms with E-state index in [9.17, 15) is 4.39 Å². The lowest BCUT2D eigenvalue weighted by Crippen LogP contribution is -1.98. The van der Waals surface area contributed by atoms with Gasteiger partial charge in [0, 0.05) is 12.1 Å². The topological polar surface area (TPSA) is 30.7 Å². The molecule has 16 heavy (non-hydrogen) atoms. The molecule has 0 unspecified atom stereocenters. The Morgan fingerprint density at radius 3 is 2.94 bits per heavy atom. The van der Waals surface area contributed by atoms with Gasteiger partial charge in [0.15, 0.2) is 5.82 Å². The summed E-state index contributed by atoms with van der Waals surface area (Å²) in [4.78, 5) is 0. The first-order chi connectivity index (χ1) is 7.72. The van der Waals surface area contributed by atoms with Gasteiger partial charge in [-0.1, -0.05) is 18.5 Å². The molecule has 0 fully saturated rings. The van der Waals surface area contributed by atoms with Crippen molar-refractivity contribution in [2.45, 2.75) is 19.9 Å². The minimum absolute atomic E-state index is 0.352. The highest BCUT2D eigenvalue weighted by Gasteiger charge is 2.10. The van der Waals surface area contributed by atoms with Gasteiger partial charge in [-0.2, -0.15) is 0 Å². The molecule has 84 valence electrons. The van der Waals surface area contributed by atoms with Crippen molar-refractivity contribution in [2.75, 3.05) is 0 Å². The average Bonchev–Trinajstić information content (AvgIpc) is 2.67. The van der Waals surface area contributed by atoms with Crippen molar-refractivity contribution in [3.05, 3.63) is 35.4 Å². The van der Waals surface area contributed by atoms with Gasteiger partial charge in [0.05, 0.1) is 5.02 Å². The smallest absolute Gasteiger partial charge is 0.165 e. The Labute approximate surface area is 97.9 Å². The lowest BCUT2D eigenvalue weighted by Gasteiger charge is -2.06. The van der Waals surface area contributed by atoms with E-state index in [0.29, 0.717) is 16.4 Å². The molecule has 0 radical (unpaired) electrons. The van der Waals surface area contributed by atoms with E-state index in [1.165, 1.54) is 12.1 Å². The van der Waals surface area contributed by atoms with Crippen molar-refractivity contribution in [1.29, 1.82) is 0 Å². The van der Waals surface area contributed by atoms with Gasteiger partial charge in [-0.3, -0.25) is 0 Å². The molecule has 1 heterocycles. The summed E-state index contributed by atoms with van der Waals surface area (Å²) in [6, 6.07) is 4.27. The summed E-state index contributed by atoms with van der Waals surface area (Å²) < 4.78 is 14.8. The number of hydrogen-bond acceptors (Lipinski definition) is 2. The fraction of sp³-hybridized carbons (Fsp3) is 0.273. The van der Waals surface area contributed by atoms with E-state index in [1.54, 1.807) is 12.4 Å². The Morgan fingerprint density at radius 2 is 2.25 bits per heavy atom. The Morgan fingerprint density at radius 1 is 1.44 bits per heavy atom. The van der Waals surface area contributed by atoms with Crippen LogP contribution in [0.5, 0.6) is 0 Å². The number of aromatic nitrogens is 3. The fourth-order valence-electron chi connectivity index (χ4n) is 1.54. The summed E-state index contributed by atoms with van der Waals surface area (Å²) in [5, 5.41) is 8.20. The van der Waals surface area contributed by atoms with Gasteiger partial charge in [0.2, 0.25) is 0 Å². The zero-order valence-corrected chi connectivity index (χ0v) is 9.58. The highest BCUT2D eigenvalue weighted by atomic mass is 35.5. The molecule has 0 saturated heterocycles. The van der Waals surface area contributed by atoms with E-state index in [0.717, 1.165) is 13.0 Å². The SMILES string of the molecule is CCCn1cnnc1-c1ccc(F)cc1Cl. The largest absolute Gasteiger partial charge is 0.314 e. The van der Waals surface area contributed by atoms with E-state index in [-0.39, 0.29) is 5.82 Å². The third kappa shape index (κ3) is 2.07. The van der Waals surface area contributed by atoms with E-state index < -0.39 is 0 Å². The first kappa shape index (κ1) is 11.1. The molecule has 1 aromatic heterocycles. The summed E-state index contributed by atoms with van der Waals surface area (Å²) in [6.07, 6.45) is 2.63. The molecule has 2 aromatic rings. The van der Waals surface area contributed by atoms with Crippen molar-refractivity contribution in [3.63, 3.8) is 0 Å². The van der Waals surface area contributed by atoms with Gasteiger partial charge in [-0.05, 0) is 24.6 Å². The van der Waals surface area contributed by atoms with Crippen LogP contribution in [0.25, 0.3) is 11.4 Å². The molecule has 1 aromatic carbocycles. The summed E-state index contributed by atoms with van der Waals surface area (Å²) in [6.45, 7) is 2.88. The molecule has 0 amide bonds. The second-order valence-corrected chi connectivity index (χ2v) is 3.88. The van der Waals surface area contributed by atoms with Crippen molar-refractivity contribution >= 4 is 11.6 Å². The predicted molar refractivity (Wildman–Crippen MR) is 60.7 cm³/mol. The molecule has 0 aliphatic carbocycles. The molecule has 3 nitrogen and oxygen atoms in total. The fourth-order valence-corrected chi connectivity index (χ4v) is 1.79. The van der Waals surface area contributed by atoms with Gasteiger partial charge >= 0.3 is 0 Å². The van der Waals surface area contributed by atoms with E-state index >= 15 is 0 Å². The van der Waals surface area contributed by atoms with Crippen LogP contribution in [0, 0.1) is 5.82 Å². The molecule has 0 atom stereocenters. The van der Waals surface area contributed by atoms with Crippen molar-refractivity contribution < 1.29 is 4.39 Å². The maximum absolute atomic E-state index is 12.9.